The highest BCUT2D eigenvalue weighted by Crippen LogP contribution is 2.22. The summed E-state index contributed by atoms with van der Waals surface area (Å²) >= 11 is 1.73. The predicted octanol–water partition coefficient (Wildman–Crippen LogP) is 0.760. The summed E-state index contributed by atoms with van der Waals surface area (Å²) in [5.74, 6) is 1.66. The molecule has 0 bridgehead atoms. The smallest absolute Gasteiger partial charge is 0.240 e. The van der Waals surface area contributed by atoms with Gasteiger partial charge in [-0.1, -0.05) is 11.8 Å². The quantitative estimate of drug-likeness (QED) is 0.884. The highest BCUT2D eigenvalue weighted by atomic mass is 32.2. The van der Waals surface area contributed by atoms with E-state index in [9.17, 15) is 8.42 Å². The topological polar surface area (TPSA) is 71.0 Å². The first-order valence-corrected chi connectivity index (χ1v) is 9.14. The third-order valence-corrected chi connectivity index (χ3v) is 5.98. The van der Waals surface area contributed by atoms with Crippen molar-refractivity contribution >= 4 is 27.0 Å². The number of thioether (sulfide) groups is 1. The third kappa shape index (κ3) is 3.17. The summed E-state index contributed by atoms with van der Waals surface area (Å²) in [5.41, 5.74) is 0. The van der Waals surface area contributed by atoms with Crippen LogP contribution in [0.3, 0.4) is 0 Å². The van der Waals surface area contributed by atoms with Crippen molar-refractivity contribution in [3.8, 4) is 5.75 Å². The van der Waals surface area contributed by atoms with Gasteiger partial charge in [0.05, 0.1) is 24.6 Å². The molecule has 1 aromatic rings. The summed E-state index contributed by atoms with van der Waals surface area (Å²) in [6.45, 7) is 2.22. The van der Waals surface area contributed by atoms with E-state index in [0.29, 0.717) is 18.8 Å². The van der Waals surface area contributed by atoms with E-state index in [1.165, 1.54) is 0 Å². The maximum absolute atomic E-state index is 12.3. The fraction of sp³-hybridized carbons (Fsp3) is 0.462. The van der Waals surface area contributed by atoms with Crippen molar-refractivity contribution < 1.29 is 13.2 Å². The van der Waals surface area contributed by atoms with Gasteiger partial charge in [-0.3, -0.25) is 4.99 Å². The van der Waals surface area contributed by atoms with Gasteiger partial charge >= 0.3 is 0 Å². The van der Waals surface area contributed by atoms with Crippen LogP contribution in [0.1, 0.15) is 0 Å². The van der Waals surface area contributed by atoms with E-state index in [1.54, 1.807) is 43.1 Å². The lowest BCUT2D eigenvalue weighted by atomic mass is 10.1. The molecule has 6 nitrogen and oxygen atoms in total. The van der Waals surface area contributed by atoms with Crippen LogP contribution in [0, 0.1) is 0 Å². The van der Waals surface area contributed by atoms with Crippen LogP contribution in [0.15, 0.2) is 34.2 Å². The van der Waals surface area contributed by atoms with Crippen molar-refractivity contribution in [2.24, 2.45) is 4.99 Å². The number of rotatable bonds is 4. The summed E-state index contributed by atoms with van der Waals surface area (Å²) in [5, 5.41) is 1.04. The first kappa shape index (κ1) is 14.7. The first-order valence-electron chi connectivity index (χ1n) is 6.67. The lowest BCUT2D eigenvalue weighted by Crippen LogP contribution is -2.60. The van der Waals surface area contributed by atoms with Crippen molar-refractivity contribution in [1.29, 1.82) is 0 Å². The van der Waals surface area contributed by atoms with E-state index >= 15 is 0 Å². The number of sulfonamides is 1. The molecular formula is C13H17N3O3S2. The number of nitrogens with zero attached hydrogens (tertiary/aromatic N) is 2. The SMILES string of the molecule is COc1ccc(S(=O)(=O)NC2CN(C3=NCCS3)C2)cc1. The second-order valence-electron chi connectivity index (χ2n) is 4.91. The molecule has 8 heteroatoms. The number of amidine groups is 1. The minimum atomic E-state index is -3.47. The normalized spacial score (nSPS) is 19.3. The maximum Gasteiger partial charge on any atom is 0.240 e. The Balaban J connectivity index is 1.59. The number of hydrogen-bond donors (Lipinski definition) is 1. The molecule has 2 aliphatic heterocycles. The Morgan fingerprint density at radius 3 is 2.62 bits per heavy atom. The molecular weight excluding hydrogens is 310 g/mol. The standard InChI is InChI=1S/C13H17N3O3S2/c1-19-11-2-4-12(5-3-11)21(17,18)15-10-8-16(9-10)13-14-6-7-20-13/h2-5,10,15H,6-9H2,1H3. The van der Waals surface area contributed by atoms with E-state index in [2.05, 4.69) is 14.6 Å². The number of ether oxygens (including phenoxy) is 1. The Bertz CT molecular complexity index is 637. The highest BCUT2D eigenvalue weighted by molar-refractivity contribution is 8.14. The van der Waals surface area contributed by atoms with E-state index in [4.69, 9.17) is 4.74 Å². The van der Waals surface area contributed by atoms with Gasteiger partial charge in [-0.2, -0.15) is 0 Å². The zero-order valence-electron chi connectivity index (χ0n) is 11.7. The fourth-order valence-corrected chi connectivity index (χ4v) is 4.36. The highest BCUT2D eigenvalue weighted by Gasteiger charge is 2.33. The molecule has 114 valence electrons. The van der Waals surface area contributed by atoms with Gasteiger partial charge in [0.1, 0.15) is 5.75 Å². The van der Waals surface area contributed by atoms with Crippen LogP contribution in [0.5, 0.6) is 5.75 Å². The molecule has 0 aromatic heterocycles. The molecule has 21 heavy (non-hydrogen) atoms. The molecule has 3 rings (SSSR count). The average molecular weight is 327 g/mol. The van der Waals surface area contributed by atoms with Crippen LogP contribution in [-0.4, -0.2) is 57.0 Å². The maximum atomic E-state index is 12.3. The van der Waals surface area contributed by atoms with Gasteiger partial charge in [0.15, 0.2) is 5.17 Å². The number of benzene rings is 1. The third-order valence-electron chi connectivity index (χ3n) is 3.41. The number of hydrogen-bond acceptors (Lipinski definition) is 6. The molecule has 1 aromatic carbocycles. The van der Waals surface area contributed by atoms with Crippen LogP contribution in [0.25, 0.3) is 0 Å². The van der Waals surface area contributed by atoms with E-state index in [0.717, 1.165) is 17.5 Å². The number of methoxy groups -OCH3 is 1. The largest absolute Gasteiger partial charge is 0.497 e. The molecule has 0 radical (unpaired) electrons. The van der Waals surface area contributed by atoms with Gasteiger partial charge in [-0.25, -0.2) is 13.1 Å². The minimum absolute atomic E-state index is 0.0546. The number of likely N-dealkylation sites (tertiary alicyclic amines) is 1. The van der Waals surface area contributed by atoms with Gasteiger partial charge in [0.2, 0.25) is 10.0 Å². The molecule has 2 aliphatic rings. The minimum Gasteiger partial charge on any atom is -0.497 e. The van der Waals surface area contributed by atoms with Crippen molar-refractivity contribution in [1.82, 2.24) is 9.62 Å². The Morgan fingerprint density at radius 2 is 2.05 bits per heavy atom. The molecule has 0 unspecified atom stereocenters. The van der Waals surface area contributed by atoms with Gasteiger partial charge in [-0.05, 0) is 24.3 Å². The van der Waals surface area contributed by atoms with Crippen molar-refractivity contribution in [3.05, 3.63) is 24.3 Å². The summed E-state index contributed by atoms with van der Waals surface area (Å²) in [6, 6.07) is 6.33. The van der Waals surface area contributed by atoms with Crippen LogP contribution in [0.2, 0.25) is 0 Å². The number of aliphatic imine (C=N–C) groups is 1. The molecule has 0 amide bonds. The Kier molecular flexibility index (Phi) is 4.10. The predicted molar refractivity (Wildman–Crippen MR) is 83.4 cm³/mol. The Hall–Kier alpha value is -1.25. The zero-order chi connectivity index (χ0) is 14.9. The fourth-order valence-electron chi connectivity index (χ4n) is 2.27. The summed E-state index contributed by atoms with van der Waals surface area (Å²) in [6.07, 6.45) is 0. The Labute approximate surface area is 128 Å². The van der Waals surface area contributed by atoms with Crippen LogP contribution in [-0.2, 0) is 10.0 Å². The van der Waals surface area contributed by atoms with Crippen LogP contribution < -0.4 is 9.46 Å². The van der Waals surface area contributed by atoms with Crippen molar-refractivity contribution in [3.63, 3.8) is 0 Å². The lowest BCUT2D eigenvalue weighted by molar-refractivity contribution is 0.243. The van der Waals surface area contributed by atoms with Gasteiger partial charge in [-0.15, -0.1) is 0 Å². The molecule has 1 fully saturated rings. The molecule has 0 spiro atoms. The van der Waals surface area contributed by atoms with Crippen molar-refractivity contribution in [2.75, 3.05) is 32.5 Å². The monoisotopic (exact) mass is 327 g/mol. The molecule has 1 N–H and O–H groups in total. The van der Waals surface area contributed by atoms with E-state index in [-0.39, 0.29) is 10.9 Å². The van der Waals surface area contributed by atoms with E-state index < -0.39 is 10.0 Å². The molecule has 2 heterocycles. The summed E-state index contributed by atoms with van der Waals surface area (Å²) < 4.78 is 32.3. The van der Waals surface area contributed by atoms with Crippen molar-refractivity contribution in [2.45, 2.75) is 10.9 Å². The van der Waals surface area contributed by atoms with E-state index in [1.807, 2.05) is 0 Å². The molecule has 1 saturated heterocycles. The van der Waals surface area contributed by atoms with Crippen LogP contribution in [0.4, 0.5) is 0 Å². The van der Waals surface area contributed by atoms with Gasteiger partial charge < -0.3 is 9.64 Å². The summed E-state index contributed by atoms with van der Waals surface area (Å²) in [4.78, 5) is 6.75. The lowest BCUT2D eigenvalue weighted by Gasteiger charge is -2.40. The molecule has 0 atom stereocenters. The second kappa shape index (κ2) is 5.86. The second-order valence-corrected chi connectivity index (χ2v) is 7.69. The van der Waals surface area contributed by atoms with Gasteiger partial charge in [0, 0.05) is 18.8 Å². The molecule has 0 aliphatic carbocycles. The average Bonchev–Trinajstić information content (AvgIpc) is 2.96. The summed E-state index contributed by atoms with van der Waals surface area (Å²) in [7, 11) is -1.92. The first-order chi connectivity index (χ1) is 10.1. The van der Waals surface area contributed by atoms with Gasteiger partial charge in [0.25, 0.3) is 0 Å². The van der Waals surface area contributed by atoms with Crippen LogP contribution >= 0.6 is 11.8 Å². The Morgan fingerprint density at radius 1 is 1.33 bits per heavy atom. The zero-order valence-corrected chi connectivity index (χ0v) is 13.3. The molecule has 0 saturated carbocycles. The number of nitrogens with one attached hydrogen (secondary N) is 1.